The van der Waals surface area contributed by atoms with Gasteiger partial charge in [-0.3, -0.25) is 4.79 Å². The second kappa shape index (κ2) is 8.61. The summed E-state index contributed by atoms with van der Waals surface area (Å²) in [6.45, 7) is 7.01. The van der Waals surface area contributed by atoms with Gasteiger partial charge in [0, 0.05) is 6.04 Å². The van der Waals surface area contributed by atoms with Gasteiger partial charge in [-0.25, -0.2) is 0 Å². The lowest BCUT2D eigenvalue weighted by molar-refractivity contribution is -0.126. The van der Waals surface area contributed by atoms with Crippen LogP contribution < -0.4 is 5.32 Å². The van der Waals surface area contributed by atoms with E-state index in [1.807, 2.05) is 18.2 Å². The molecule has 142 valence electrons. The van der Waals surface area contributed by atoms with Crippen molar-refractivity contribution in [2.24, 2.45) is 23.7 Å². The summed E-state index contributed by atoms with van der Waals surface area (Å²) >= 11 is 0. The van der Waals surface area contributed by atoms with Crippen LogP contribution in [0.25, 0.3) is 0 Å². The van der Waals surface area contributed by atoms with Gasteiger partial charge in [0.15, 0.2) is 0 Å². The molecule has 4 heteroatoms. The minimum absolute atomic E-state index is 0.0513. The summed E-state index contributed by atoms with van der Waals surface area (Å²) < 4.78 is 10.8. The zero-order chi connectivity index (χ0) is 18.5. The standard InChI is InChI=1S/C22H31NO3/c1-15(2)18-10-9-16(3)11-20(18)23-22(24)19(21-13-25-14-26-21)12-17-7-5-4-6-8-17/h4-8,13,15-16,18-20H,9-12,14H2,1-3H3,(H,23,24)/t16-,18+,19?,20+/m1/s1. The van der Waals surface area contributed by atoms with Crippen molar-refractivity contribution in [2.75, 3.05) is 6.79 Å². The summed E-state index contributed by atoms with van der Waals surface area (Å²) in [5.74, 6) is 2.12. The number of carbonyl (C=O) groups excluding carboxylic acids is 1. The molecule has 0 aromatic heterocycles. The summed E-state index contributed by atoms with van der Waals surface area (Å²) in [4.78, 5) is 13.2. The predicted molar refractivity (Wildman–Crippen MR) is 102 cm³/mol. The van der Waals surface area contributed by atoms with Gasteiger partial charge < -0.3 is 14.8 Å². The monoisotopic (exact) mass is 357 g/mol. The molecule has 1 aromatic carbocycles. The first-order chi connectivity index (χ1) is 12.5. The van der Waals surface area contributed by atoms with Crippen molar-refractivity contribution in [3.8, 4) is 0 Å². The van der Waals surface area contributed by atoms with Crippen molar-refractivity contribution in [1.82, 2.24) is 5.32 Å². The molecule has 1 aromatic rings. The minimum Gasteiger partial charge on any atom is -0.462 e. The van der Waals surface area contributed by atoms with Crippen molar-refractivity contribution in [1.29, 1.82) is 0 Å². The number of hydrogen-bond acceptors (Lipinski definition) is 3. The number of benzene rings is 1. The lowest BCUT2D eigenvalue weighted by atomic mass is 9.74. The topological polar surface area (TPSA) is 47.6 Å². The third kappa shape index (κ3) is 4.60. The van der Waals surface area contributed by atoms with Gasteiger partial charge in [-0.05, 0) is 42.6 Å². The average Bonchev–Trinajstić information content (AvgIpc) is 3.14. The van der Waals surface area contributed by atoms with Crippen LogP contribution in [0, 0.1) is 23.7 Å². The van der Waals surface area contributed by atoms with Gasteiger partial charge in [0.05, 0.1) is 0 Å². The van der Waals surface area contributed by atoms with Crippen molar-refractivity contribution in [2.45, 2.75) is 52.5 Å². The highest BCUT2D eigenvalue weighted by Gasteiger charge is 2.35. The summed E-state index contributed by atoms with van der Waals surface area (Å²) in [6.07, 6.45) is 5.72. The normalized spacial score (nSPS) is 26.6. The molecule has 0 saturated heterocycles. The van der Waals surface area contributed by atoms with Gasteiger partial charge >= 0.3 is 0 Å². The van der Waals surface area contributed by atoms with Crippen molar-refractivity contribution < 1.29 is 14.3 Å². The van der Waals surface area contributed by atoms with E-state index in [2.05, 4.69) is 38.2 Å². The minimum atomic E-state index is -0.343. The molecule has 2 aliphatic rings. The Morgan fingerprint density at radius 3 is 2.65 bits per heavy atom. The molecule has 3 rings (SSSR count). The SMILES string of the molecule is CC(C)[C@@H]1CC[C@@H](C)C[C@@H]1NC(=O)C(Cc1ccccc1)C1=COCO1. The van der Waals surface area contributed by atoms with Crippen LogP contribution in [-0.4, -0.2) is 18.7 Å². The summed E-state index contributed by atoms with van der Waals surface area (Å²) in [5, 5.41) is 3.36. The van der Waals surface area contributed by atoms with Gasteiger partial charge in [0.1, 0.15) is 17.9 Å². The molecule has 1 amide bonds. The molecule has 4 nitrogen and oxygen atoms in total. The third-order valence-corrected chi connectivity index (χ3v) is 5.79. The van der Waals surface area contributed by atoms with Gasteiger partial charge in [-0.1, -0.05) is 57.5 Å². The van der Waals surface area contributed by atoms with Crippen LogP contribution in [0.3, 0.4) is 0 Å². The van der Waals surface area contributed by atoms with Crippen LogP contribution in [0.5, 0.6) is 0 Å². The fraction of sp³-hybridized carbons (Fsp3) is 0.591. The van der Waals surface area contributed by atoms with E-state index in [1.54, 1.807) is 6.26 Å². The first-order valence-corrected chi connectivity index (χ1v) is 9.83. The number of ether oxygens (including phenoxy) is 2. The van der Waals surface area contributed by atoms with E-state index in [-0.39, 0.29) is 24.7 Å². The Kier molecular flexibility index (Phi) is 6.23. The Bertz CT molecular complexity index is 626. The second-order valence-corrected chi connectivity index (χ2v) is 8.13. The number of nitrogens with one attached hydrogen (secondary N) is 1. The van der Waals surface area contributed by atoms with Crippen LogP contribution in [0.4, 0.5) is 0 Å². The smallest absolute Gasteiger partial charge is 0.231 e. The first-order valence-electron chi connectivity index (χ1n) is 9.83. The Balaban J connectivity index is 1.74. The molecular weight excluding hydrogens is 326 g/mol. The highest BCUT2D eigenvalue weighted by Crippen LogP contribution is 2.34. The summed E-state index contributed by atoms with van der Waals surface area (Å²) in [5.41, 5.74) is 1.13. The molecule has 4 atom stereocenters. The van der Waals surface area contributed by atoms with Crippen LogP contribution in [0.2, 0.25) is 0 Å². The molecule has 26 heavy (non-hydrogen) atoms. The second-order valence-electron chi connectivity index (χ2n) is 8.13. The van der Waals surface area contributed by atoms with Crippen LogP contribution in [0.1, 0.15) is 45.6 Å². The van der Waals surface area contributed by atoms with Gasteiger partial charge in [-0.15, -0.1) is 0 Å². The molecule has 0 radical (unpaired) electrons. The molecule has 1 saturated carbocycles. The molecule has 0 bridgehead atoms. The predicted octanol–water partition coefficient (Wildman–Crippen LogP) is 4.27. The Labute approximate surface area is 157 Å². The molecule has 1 aliphatic heterocycles. The maximum Gasteiger partial charge on any atom is 0.231 e. The summed E-state index contributed by atoms with van der Waals surface area (Å²) in [7, 11) is 0. The highest BCUT2D eigenvalue weighted by molar-refractivity contribution is 5.81. The molecule has 1 heterocycles. The lowest BCUT2D eigenvalue weighted by Gasteiger charge is -2.38. The largest absolute Gasteiger partial charge is 0.462 e. The van der Waals surface area contributed by atoms with E-state index in [0.717, 1.165) is 12.0 Å². The maximum absolute atomic E-state index is 13.2. The number of amides is 1. The molecule has 1 aliphatic carbocycles. The Morgan fingerprint density at radius 1 is 1.23 bits per heavy atom. The van der Waals surface area contributed by atoms with E-state index >= 15 is 0 Å². The molecular formula is C22H31NO3. The molecule has 1 unspecified atom stereocenters. The third-order valence-electron chi connectivity index (χ3n) is 5.79. The highest BCUT2D eigenvalue weighted by atomic mass is 16.7. The first kappa shape index (κ1) is 18.8. The Hall–Kier alpha value is -1.97. The number of rotatable bonds is 6. The fourth-order valence-corrected chi connectivity index (χ4v) is 4.26. The average molecular weight is 357 g/mol. The summed E-state index contributed by atoms with van der Waals surface area (Å²) in [6, 6.07) is 10.3. The number of hydrogen-bond donors (Lipinski definition) is 1. The van der Waals surface area contributed by atoms with E-state index in [4.69, 9.17) is 9.47 Å². The van der Waals surface area contributed by atoms with E-state index in [9.17, 15) is 4.79 Å². The van der Waals surface area contributed by atoms with Crippen molar-refractivity contribution in [3.05, 3.63) is 47.9 Å². The van der Waals surface area contributed by atoms with Crippen molar-refractivity contribution in [3.63, 3.8) is 0 Å². The van der Waals surface area contributed by atoms with Gasteiger partial charge in [0.2, 0.25) is 12.7 Å². The zero-order valence-electron chi connectivity index (χ0n) is 16.1. The van der Waals surface area contributed by atoms with Gasteiger partial charge in [-0.2, -0.15) is 0 Å². The molecule has 1 N–H and O–H groups in total. The van der Waals surface area contributed by atoms with E-state index in [0.29, 0.717) is 29.9 Å². The fourth-order valence-electron chi connectivity index (χ4n) is 4.26. The van der Waals surface area contributed by atoms with Crippen LogP contribution >= 0.6 is 0 Å². The Morgan fingerprint density at radius 2 is 2.00 bits per heavy atom. The zero-order valence-corrected chi connectivity index (χ0v) is 16.1. The molecule has 1 fully saturated rings. The quantitative estimate of drug-likeness (QED) is 0.827. The van der Waals surface area contributed by atoms with E-state index in [1.165, 1.54) is 12.8 Å². The lowest BCUT2D eigenvalue weighted by Crippen LogP contribution is -2.48. The van der Waals surface area contributed by atoms with Crippen LogP contribution in [0.15, 0.2) is 42.4 Å². The van der Waals surface area contributed by atoms with E-state index < -0.39 is 0 Å². The maximum atomic E-state index is 13.2. The van der Waals surface area contributed by atoms with Crippen LogP contribution in [-0.2, 0) is 20.7 Å². The number of carbonyl (C=O) groups is 1. The molecule has 0 spiro atoms. The van der Waals surface area contributed by atoms with Crippen molar-refractivity contribution >= 4 is 5.91 Å². The van der Waals surface area contributed by atoms with Gasteiger partial charge in [0.25, 0.3) is 0 Å².